The Kier molecular flexibility index (Phi) is 7.76. The zero-order chi connectivity index (χ0) is 17.2. The Morgan fingerprint density at radius 1 is 1.43 bits per heavy atom. The lowest BCUT2D eigenvalue weighted by Crippen LogP contribution is -2.35. The monoisotopic (exact) mass is 320 g/mol. The third-order valence-electron chi connectivity index (χ3n) is 3.27. The molecular weight excluding hydrogens is 296 g/mol. The second-order valence-corrected chi connectivity index (χ2v) is 4.66. The molecule has 0 aliphatic carbocycles. The second-order valence-electron chi connectivity index (χ2n) is 4.66. The Hall–Kier alpha value is -2.41. The standard InChI is InChI=1S/C16H24N4O3/c1-5-13(16(22)19(7-3)10-11-23-4)12-17-14(6-2)20-15(21)8-9-18-20/h5-6,8-9,12,18H,7,10-11H2,1-4H3/b13-5+,14-6+,17-12+. The minimum atomic E-state index is -0.209. The molecule has 1 heterocycles. The van der Waals surface area contributed by atoms with Gasteiger partial charge >= 0.3 is 0 Å². The van der Waals surface area contributed by atoms with E-state index in [9.17, 15) is 9.59 Å². The molecule has 0 saturated heterocycles. The summed E-state index contributed by atoms with van der Waals surface area (Å²) in [7, 11) is 1.60. The fraction of sp³-hybridized carbons (Fsp3) is 0.438. The number of aromatic nitrogens is 2. The van der Waals surface area contributed by atoms with Gasteiger partial charge < -0.3 is 9.64 Å². The SMILES string of the molecule is C\C=C(/C=N/C(=C\C)n1[nH]ccc1=O)C(=O)N(CC)CCOC. The van der Waals surface area contributed by atoms with Crippen LogP contribution in [0.1, 0.15) is 20.8 Å². The van der Waals surface area contributed by atoms with Crippen LogP contribution in [0.25, 0.3) is 5.82 Å². The number of nitrogens with one attached hydrogen (secondary N) is 1. The van der Waals surface area contributed by atoms with Crippen LogP contribution in [-0.4, -0.2) is 53.6 Å². The topological polar surface area (TPSA) is 79.7 Å². The second kappa shape index (κ2) is 9.58. The maximum atomic E-state index is 12.5. The maximum Gasteiger partial charge on any atom is 0.272 e. The number of hydrogen-bond acceptors (Lipinski definition) is 4. The molecule has 1 N–H and O–H groups in total. The first-order chi connectivity index (χ1) is 11.1. The summed E-state index contributed by atoms with van der Waals surface area (Å²) in [5.74, 6) is 0.303. The van der Waals surface area contributed by atoms with Gasteiger partial charge in [-0.2, -0.15) is 0 Å². The Morgan fingerprint density at radius 3 is 2.65 bits per heavy atom. The molecule has 1 rings (SSSR count). The van der Waals surface area contributed by atoms with Crippen LogP contribution < -0.4 is 5.56 Å². The summed E-state index contributed by atoms with van der Waals surface area (Å²) >= 11 is 0. The lowest BCUT2D eigenvalue weighted by atomic mass is 10.2. The summed E-state index contributed by atoms with van der Waals surface area (Å²) < 4.78 is 6.32. The van der Waals surface area contributed by atoms with Crippen molar-refractivity contribution in [1.29, 1.82) is 0 Å². The number of hydrogen-bond donors (Lipinski definition) is 1. The van der Waals surface area contributed by atoms with Gasteiger partial charge in [-0.25, -0.2) is 9.67 Å². The van der Waals surface area contributed by atoms with E-state index in [1.807, 2.05) is 6.92 Å². The van der Waals surface area contributed by atoms with Crippen molar-refractivity contribution in [2.45, 2.75) is 20.8 Å². The summed E-state index contributed by atoms with van der Waals surface area (Å²) in [6, 6.07) is 1.41. The first-order valence-corrected chi connectivity index (χ1v) is 7.50. The Labute approximate surface area is 135 Å². The van der Waals surface area contributed by atoms with Crippen molar-refractivity contribution in [3.63, 3.8) is 0 Å². The van der Waals surface area contributed by atoms with Crippen LogP contribution in [0.5, 0.6) is 0 Å². The Balaban J connectivity index is 2.92. The minimum absolute atomic E-state index is 0.120. The highest BCUT2D eigenvalue weighted by Crippen LogP contribution is 2.05. The summed E-state index contributed by atoms with van der Waals surface area (Å²) in [6.07, 6.45) is 6.40. The molecule has 0 aliphatic rings. The largest absolute Gasteiger partial charge is 0.383 e. The minimum Gasteiger partial charge on any atom is -0.383 e. The molecule has 0 radical (unpaired) electrons. The van der Waals surface area contributed by atoms with Crippen LogP contribution in [-0.2, 0) is 9.53 Å². The lowest BCUT2D eigenvalue weighted by Gasteiger charge is -2.20. The molecular formula is C16H24N4O3. The highest BCUT2D eigenvalue weighted by Gasteiger charge is 2.14. The van der Waals surface area contributed by atoms with Crippen molar-refractivity contribution >= 4 is 17.9 Å². The number of amides is 1. The number of ether oxygens (including phenoxy) is 1. The number of aromatic amines is 1. The normalized spacial score (nSPS) is 12.9. The number of nitrogens with zero attached hydrogens (tertiary/aromatic N) is 3. The van der Waals surface area contributed by atoms with E-state index in [2.05, 4.69) is 10.1 Å². The van der Waals surface area contributed by atoms with Crippen molar-refractivity contribution in [2.75, 3.05) is 26.8 Å². The van der Waals surface area contributed by atoms with E-state index in [1.165, 1.54) is 23.2 Å². The molecule has 0 fully saturated rings. The first-order valence-electron chi connectivity index (χ1n) is 7.50. The quantitative estimate of drug-likeness (QED) is 0.582. The fourth-order valence-electron chi connectivity index (χ4n) is 1.94. The van der Waals surface area contributed by atoms with Crippen LogP contribution in [0, 0.1) is 0 Å². The number of H-pyrrole nitrogens is 1. The van der Waals surface area contributed by atoms with Crippen LogP contribution in [0.3, 0.4) is 0 Å². The van der Waals surface area contributed by atoms with Gasteiger partial charge in [-0.1, -0.05) is 6.08 Å². The van der Waals surface area contributed by atoms with E-state index in [-0.39, 0.29) is 11.5 Å². The number of rotatable bonds is 8. The van der Waals surface area contributed by atoms with E-state index >= 15 is 0 Å². The zero-order valence-electron chi connectivity index (χ0n) is 14.1. The third-order valence-corrected chi connectivity index (χ3v) is 3.27. The molecule has 0 atom stereocenters. The molecule has 1 aromatic rings. The molecule has 0 aromatic carbocycles. The molecule has 126 valence electrons. The summed E-state index contributed by atoms with van der Waals surface area (Å²) in [5.41, 5.74) is 0.251. The molecule has 1 aromatic heterocycles. The van der Waals surface area contributed by atoms with Crippen molar-refractivity contribution in [1.82, 2.24) is 14.7 Å². The van der Waals surface area contributed by atoms with E-state index < -0.39 is 0 Å². The molecule has 7 heteroatoms. The number of aliphatic imine (C=N–C) groups is 1. The number of allylic oxidation sites excluding steroid dienone is 2. The van der Waals surface area contributed by atoms with Gasteiger partial charge in [0.25, 0.3) is 11.5 Å². The van der Waals surface area contributed by atoms with Gasteiger partial charge in [-0.15, -0.1) is 0 Å². The van der Waals surface area contributed by atoms with E-state index in [0.29, 0.717) is 31.1 Å². The van der Waals surface area contributed by atoms with Gasteiger partial charge in [-0.3, -0.25) is 14.7 Å². The molecule has 0 unspecified atom stereocenters. The van der Waals surface area contributed by atoms with Crippen molar-refractivity contribution in [2.24, 2.45) is 4.99 Å². The van der Waals surface area contributed by atoms with Gasteiger partial charge in [0.2, 0.25) is 0 Å². The average molecular weight is 320 g/mol. The van der Waals surface area contributed by atoms with Crippen LogP contribution in [0.15, 0.2) is 39.8 Å². The average Bonchev–Trinajstić information content (AvgIpc) is 2.98. The molecule has 0 bridgehead atoms. The van der Waals surface area contributed by atoms with Gasteiger partial charge in [0.05, 0.1) is 12.2 Å². The van der Waals surface area contributed by atoms with E-state index in [4.69, 9.17) is 4.74 Å². The van der Waals surface area contributed by atoms with Gasteiger partial charge in [0, 0.05) is 38.7 Å². The first kappa shape index (κ1) is 18.6. The Bertz CT molecular complexity index is 652. The predicted molar refractivity (Wildman–Crippen MR) is 91.4 cm³/mol. The molecule has 7 nitrogen and oxygen atoms in total. The third kappa shape index (κ3) is 5.07. The smallest absolute Gasteiger partial charge is 0.272 e. The number of carbonyl (C=O) groups is 1. The Morgan fingerprint density at radius 2 is 2.17 bits per heavy atom. The molecule has 0 saturated carbocycles. The number of likely N-dealkylation sites (N-methyl/N-ethyl adjacent to an activating group) is 1. The van der Waals surface area contributed by atoms with E-state index in [0.717, 1.165) is 0 Å². The number of carbonyl (C=O) groups excluding carboxylic acids is 1. The van der Waals surface area contributed by atoms with Crippen molar-refractivity contribution in [3.05, 3.63) is 40.3 Å². The van der Waals surface area contributed by atoms with Crippen LogP contribution in [0.2, 0.25) is 0 Å². The molecule has 0 aliphatic heterocycles. The lowest BCUT2D eigenvalue weighted by molar-refractivity contribution is -0.127. The summed E-state index contributed by atoms with van der Waals surface area (Å²) in [5, 5.41) is 2.78. The van der Waals surface area contributed by atoms with E-state index in [1.54, 1.807) is 38.0 Å². The number of methoxy groups -OCH3 is 1. The van der Waals surface area contributed by atoms with Crippen molar-refractivity contribution < 1.29 is 9.53 Å². The predicted octanol–water partition coefficient (Wildman–Crippen LogP) is 1.51. The molecule has 23 heavy (non-hydrogen) atoms. The highest BCUT2D eigenvalue weighted by molar-refractivity contribution is 6.12. The van der Waals surface area contributed by atoms with Gasteiger partial charge in [-0.05, 0) is 26.8 Å². The zero-order valence-corrected chi connectivity index (χ0v) is 14.1. The molecule has 1 amide bonds. The van der Waals surface area contributed by atoms with Crippen LogP contribution in [0.4, 0.5) is 0 Å². The summed E-state index contributed by atoms with van der Waals surface area (Å²) in [6.45, 7) is 7.04. The molecule has 0 spiro atoms. The fourth-order valence-corrected chi connectivity index (χ4v) is 1.94. The summed E-state index contributed by atoms with van der Waals surface area (Å²) in [4.78, 5) is 30.1. The highest BCUT2D eigenvalue weighted by atomic mass is 16.5. The van der Waals surface area contributed by atoms with Gasteiger partial charge in [0.15, 0.2) is 5.82 Å². The maximum absolute atomic E-state index is 12.5. The van der Waals surface area contributed by atoms with Gasteiger partial charge in [0.1, 0.15) is 0 Å². The van der Waals surface area contributed by atoms with Crippen LogP contribution >= 0.6 is 0 Å². The van der Waals surface area contributed by atoms with Crippen molar-refractivity contribution in [3.8, 4) is 0 Å².